The van der Waals surface area contributed by atoms with Crippen LogP contribution in [0.2, 0.25) is 0 Å². The van der Waals surface area contributed by atoms with Crippen LogP contribution in [0.15, 0.2) is 54.6 Å². The molecule has 0 heterocycles. The average Bonchev–Trinajstić information content (AvgIpc) is 2.46. The van der Waals surface area contributed by atoms with E-state index in [-0.39, 0.29) is 24.7 Å². The Kier molecular flexibility index (Phi) is 4.82. The van der Waals surface area contributed by atoms with Gasteiger partial charge in [0, 0.05) is 5.56 Å². The van der Waals surface area contributed by atoms with Gasteiger partial charge in [0.1, 0.15) is 5.82 Å². The van der Waals surface area contributed by atoms with Gasteiger partial charge in [0.05, 0.1) is 12.2 Å². The van der Waals surface area contributed by atoms with Crippen LogP contribution in [0.25, 0.3) is 0 Å². The number of rotatable bonds is 3. The van der Waals surface area contributed by atoms with Crippen LogP contribution in [0, 0.1) is 17.7 Å². The van der Waals surface area contributed by atoms with Crippen molar-refractivity contribution in [2.24, 2.45) is 0 Å². The van der Waals surface area contributed by atoms with Crippen LogP contribution in [-0.4, -0.2) is 6.54 Å². The van der Waals surface area contributed by atoms with Gasteiger partial charge in [0.25, 0.3) is 0 Å². The predicted octanol–water partition coefficient (Wildman–Crippen LogP) is 4.22. The highest BCUT2D eigenvalue weighted by molar-refractivity contribution is 7.95. The molecule has 0 saturated carbocycles. The number of benzene rings is 2. The second-order valence-electron chi connectivity index (χ2n) is 3.75. The van der Waals surface area contributed by atoms with Crippen LogP contribution < -0.4 is 4.31 Å². The van der Waals surface area contributed by atoms with Gasteiger partial charge in [-0.05, 0) is 36.4 Å². The van der Waals surface area contributed by atoms with Gasteiger partial charge in [-0.3, -0.25) is 4.31 Å². The van der Waals surface area contributed by atoms with Gasteiger partial charge < -0.3 is 0 Å². The quantitative estimate of drug-likeness (QED) is 0.609. The van der Waals surface area contributed by atoms with E-state index in [9.17, 15) is 8.28 Å². The van der Waals surface area contributed by atoms with Crippen molar-refractivity contribution in [1.29, 1.82) is 0 Å². The molecule has 0 fully saturated rings. The van der Waals surface area contributed by atoms with Gasteiger partial charge in [0.2, 0.25) is 0 Å². The molecule has 96 valence electrons. The average molecular weight is 275 g/mol. The molecule has 0 saturated heterocycles. The first-order chi connectivity index (χ1) is 9.29. The first-order valence-corrected chi connectivity index (χ1v) is 6.33. The Morgan fingerprint density at radius 1 is 1.00 bits per heavy atom. The molecule has 0 aliphatic carbocycles. The van der Waals surface area contributed by atoms with E-state index in [4.69, 9.17) is 0 Å². The predicted molar refractivity (Wildman–Crippen MR) is 75.8 cm³/mol. The number of halogens is 2. The lowest BCUT2D eigenvalue weighted by atomic mass is 10.2. The Balaban J connectivity index is 2.04. The van der Waals surface area contributed by atoms with Crippen molar-refractivity contribution in [3.8, 4) is 11.8 Å². The van der Waals surface area contributed by atoms with Crippen molar-refractivity contribution in [3.63, 3.8) is 0 Å². The lowest BCUT2D eigenvalue weighted by molar-refractivity contribution is 0.628. The second kappa shape index (κ2) is 6.81. The lowest BCUT2D eigenvalue weighted by Crippen LogP contribution is -2.12. The van der Waals surface area contributed by atoms with Crippen LogP contribution in [0.1, 0.15) is 5.56 Å². The van der Waals surface area contributed by atoms with Gasteiger partial charge in [0.15, 0.2) is 12.3 Å². The fourth-order valence-corrected chi connectivity index (χ4v) is 1.81. The van der Waals surface area contributed by atoms with E-state index in [0.717, 1.165) is 5.56 Å². The number of hydrogen-bond acceptors (Lipinski definition) is 2. The minimum atomic E-state index is -0.345. The fraction of sp³-hybridized carbons (Fsp3) is 0.0667. The standard InChI is InChI=1S/C15H11F2NS/c16-14-8-10-15(11-9-14)18(19-17)12-4-7-13-5-2-1-3-6-13/h1-3,5-6,8-11H,12H2. The van der Waals surface area contributed by atoms with Gasteiger partial charge >= 0.3 is 0 Å². The van der Waals surface area contributed by atoms with Crippen LogP contribution in [0.4, 0.5) is 14.0 Å². The Hall–Kier alpha value is -1.99. The van der Waals surface area contributed by atoms with E-state index >= 15 is 0 Å². The maximum Gasteiger partial charge on any atom is 0.166 e. The largest absolute Gasteiger partial charge is 0.277 e. The first kappa shape index (κ1) is 13.4. The summed E-state index contributed by atoms with van der Waals surface area (Å²) in [6.45, 7) is 0.224. The van der Waals surface area contributed by atoms with Gasteiger partial charge in [-0.25, -0.2) is 4.39 Å². The van der Waals surface area contributed by atoms with E-state index in [2.05, 4.69) is 11.8 Å². The van der Waals surface area contributed by atoms with Gasteiger partial charge in [-0.1, -0.05) is 30.0 Å². The minimum Gasteiger partial charge on any atom is -0.277 e. The zero-order valence-electron chi connectivity index (χ0n) is 10.0. The summed E-state index contributed by atoms with van der Waals surface area (Å²) >= 11 is 0.0724. The monoisotopic (exact) mass is 275 g/mol. The number of hydrogen-bond donors (Lipinski definition) is 0. The van der Waals surface area contributed by atoms with Crippen LogP contribution in [0.5, 0.6) is 0 Å². The molecule has 19 heavy (non-hydrogen) atoms. The summed E-state index contributed by atoms with van der Waals surface area (Å²) in [5.41, 5.74) is 1.46. The summed E-state index contributed by atoms with van der Waals surface area (Å²) in [5, 5.41) is 0. The minimum absolute atomic E-state index is 0.0724. The molecular weight excluding hydrogens is 264 g/mol. The summed E-state index contributed by atoms with van der Waals surface area (Å²) in [4.78, 5) is 0. The molecule has 2 aromatic rings. The van der Waals surface area contributed by atoms with Gasteiger partial charge in [-0.15, -0.1) is 3.89 Å². The summed E-state index contributed by atoms with van der Waals surface area (Å²) in [7, 11) is 0. The highest BCUT2D eigenvalue weighted by Gasteiger charge is 2.05. The van der Waals surface area contributed by atoms with Crippen molar-refractivity contribution in [1.82, 2.24) is 0 Å². The molecule has 0 amide bonds. The summed E-state index contributed by atoms with van der Waals surface area (Å²) < 4.78 is 27.0. The molecule has 0 bridgehead atoms. The Morgan fingerprint density at radius 3 is 2.32 bits per heavy atom. The van der Waals surface area contributed by atoms with Crippen molar-refractivity contribution in [2.75, 3.05) is 10.8 Å². The molecule has 0 aliphatic heterocycles. The normalized spacial score (nSPS) is 9.58. The molecule has 1 nitrogen and oxygen atoms in total. The second-order valence-corrected chi connectivity index (χ2v) is 4.33. The molecule has 0 aliphatic rings. The molecule has 0 N–H and O–H groups in total. The first-order valence-electron chi connectivity index (χ1n) is 5.65. The zero-order chi connectivity index (χ0) is 13.5. The Labute approximate surface area is 115 Å². The third-order valence-corrected chi connectivity index (χ3v) is 2.93. The van der Waals surface area contributed by atoms with E-state index in [1.54, 1.807) is 0 Å². The fourth-order valence-electron chi connectivity index (χ4n) is 1.50. The van der Waals surface area contributed by atoms with E-state index in [1.165, 1.54) is 28.6 Å². The Bertz CT molecular complexity index is 573. The number of anilines is 1. The third-order valence-electron chi connectivity index (χ3n) is 2.43. The molecule has 2 rings (SSSR count). The molecule has 0 spiro atoms. The summed E-state index contributed by atoms with van der Waals surface area (Å²) in [5.74, 6) is 5.49. The maximum absolute atomic E-state index is 12.9. The molecular formula is C15H11F2NS. The SMILES string of the molecule is FSN(CC#Cc1ccccc1)c1ccc(F)cc1. The van der Waals surface area contributed by atoms with E-state index in [1.807, 2.05) is 30.3 Å². The lowest BCUT2D eigenvalue weighted by Gasteiger charge is -2.15. The van der Waals surface area contributed by atoms with E-state index < -0.39 is 0 Å². The molecule has 0 aromatic heterocycles. The van der Waals surface area contributed by atoms with Gasteiger partial charge in [-0.2, -0.15) is 0 Å². The van der Waals surface area contributed by atoms with Crippen molar-refractivity contribution in [2.45, 2.75) is 0 Å². The third kappa shape index (κ3) is 4.01. The van der Waals surface area contributed by atoms with Crippen molar-refractivity contribution >= 4 is 18.0 Å². The molecule has 0 unspecified atom stereocenters. The maximum atomic E-state index is 12.9. The van der Waals surface area contributed by atoms with Crippen LogP contribution in [-0.2, 0) is 0 Å². The van der Waals surface area contributed by atoms with E-state index in [0.29, 0.717) is 5.69 Å². The molecule has 0 radical (unpaired) electrons. The smallest absolute Gasteiger partial charge is 0.166 e. The summed E-state index contributed by atoms with van der Waals surface area (Å²) in [6.07, 6.45) is 0. The molecule has 2 aromatic carbocycles. The highest BCUT2D eigenvalue weighted by atomic mass is 32.2. The Morgan fingerprint density at radius 2 is 1.68 bits per heavy atom. The van der Waals surface area contributed by atoms with Crippen LogP contribution in [0.3, 0.4) is 0 Å². The van der Waals surface area contributed by atoms with Crippen LogP contribution >= 0.6 is 12.3 Å². The van der Waals surface area contributed by atoms with Crippen molar-refractivity contribution in [3.05, 3.63) is 66.0 Å². The highest BCUT2D eigenvalue weighted by Crippen LogP contribution is 2.22. The molecule has 0 atom stereocenters. The zero-order valence-corrected chi connectivity index (χ0v) is 10.8. The van der Waals surface area contributed by atoms with Crippen molar-refractivity contribution < 1.29 is 8.28 Å². The topological polar surface area (TPSA) is 3.24 Å². The number of nitrogens with zero attached hydrogens (tertiary/aromatic N) is 1. The molecule has 4 heteroatoms. The summed E-state index contributed by atoms with van der Waals surface area (Å²) in [6, 6.07) is 15.1.